The predicted molar refractivity (Wildman–Crippen MR) is 48.8 cm³/mol. The van der Waals surface area contributed by atoms with Crippen molar-refractivity contribution in [2.75, 3.05) is 39.3 Å². The largest absolute Gasteiger partial charge is 0.525 e. The van der Waals surface area contributed by atoms with Crippen molar-refractivity contribution in [2.45, 2.75) is 6.42 Å². The van der Waals surface area contributed by atoms with Crippen molar-refractivity contribution in [2.24, 2.45) is 0 Å². The van der Waals surface area contributed by atoms with E-state index in [2.05, 4.69) is 9.74 Å². The van der Waals surface area contributed by atoms with Gasteiger partial charge in [0.1, 0.15) is 0 Å². The Balaban J connectivity index is 2.14. The van der Waals surface area contributed by atoms with Crippen LogP contribution < -0.4 is 0 Å². The summed E-state index contributed by atoms with van der Waals surface area (Å²) in [5.74, 6) is 0. The Morgan fingerprint density at radius 3 is 2.43 bits per heavy atom. The van der Waals surface area contributed by atoms with Crippen LogP contribution in [-0.4, -0.2) is 65.7 Å². The van der Waals surface area contributed by atoms with Crippen molar-refractivity contribution in [3.63, 3.8) is 0 Å². The van der Waals surface area contributed by atoms with Crippen LogP contribution in [0.3, 0.4) is 0 Å². The van der Waals surface area contributed by atoms with Crippen LogP contribution in [0.1, 0.15) is 6.42 Å². The molecule has 0 aromatic carbocycles. The maximum absolute atomic E-state index is 10.2. The fraction of sp³-hybridized carbons (Fsp3) is 0.875. The zero-order valence-corrected chi connectivity index (χ0v) is 8.06. The van der Waals surface area contributed by atoms with Gasteiger partial charge in [0, 0.05) is 39.3 Å². The molecule has 0 bridgehead atoms. The molecule has 1 rings (SSSR count). The molecule has 1 heterocycles. The van der Waals surface area contributed by atoms with Gasteiger partial charge in [0.15, 0.2) is 0 Å². The molecule has 0 saturated carbocycles. The van der Waals surface area contributed by atoms with Gasteiger partial charge >= 0.3 is 6.16 Å². The maximum Gasteiger partial charge on any atom is 0.525 e. The number of hydrogen-bond donors (Lipinski definition) is 2. The topological polar surface area (TPSA) is 73.2 Å². The number of hydrogen-bond acceptors (Lipinski definition) is 5. The number of piperazine rings is 1. The number of aliphatic hydroxyl groups excluding tert-OH is 1. The SMILES string of the molecule is O=C(O)ON1CCN(CCCO)CC1. The lowest BCUT2D eigenvalue weighted by molar-refractivity contribution is -0.139. The van der Waals surface area contributed by atoms with Gasteiger partial charge in [-0.3, -0.25) is 0 Å². The van der Waals surface area contributed by atoms with Gasteiger partial charge in [-0.25, -0.2) is 4.79 Å². The number of nitrogens with zero attached hydrogens (tertiary/aromatic N) is 2. The van der Waals surface area contributed by atoms with Crippen molar-refractivity contribution >= 4 is 6.16 Å². The Bertz CT molecular complexity index is 180. The number of carbonyl (C=O) groups is 1. The molecule has 0 radical (unpaired) electrons. The molecule has 0 unspecified atom stereocenters. The van der Waals surface area contributed by atoms with Crippen molar-refractivity contribution in [3.8, 4) is 0 Å². The minimum absolute atomic E-state index is 0.200. The quantitative estimate of drug-likeness (QED) is 0.649. The molecule has 0 aliphatic carbocycles. The molecule has 6 nitrogen and oxygen atoms in total. The highest BCUT2D eigenvalue weighted by molar-refractivity contribution is 5.56. The summed E-state index contributed by atoms with van der Waals surface area (Å²) in [6.45, 7) is 3.82. The summed E-state index contributed by atoms with van der Waals surface area (Å²) < 4.78 is 0. The first kappa shape index (κ1) is 11.2. The van der Waals surface area contributed by atoms with E-state index in [9.17, 15) is 4.79 Å². The molecule has 6 heteroatoms. The summed E-state index contributed by atoms with van der Waals surface area (Å²) in [7, 11) is 0. The van der Waals surface area contributed by atoms with E-state index in [-0.39, 0.29) is 6.61 Å². The zero-order chi connectivity index (χ0) is 10.4. The van der Waals surface area contributed by atoms with Gasteiger partial charge in [0.05, 0.1) is 0 Å². The number of hydroxylamine groups is 2. The monoisotopic (exact) mass is 204 g/mol. The fourth-order valence-corrected chi connectivity index (χ4v) is 1.45. The van der Waals surface area contributed by atoms with Crippen LogP contribution in [-0.2, 0) is 4.84 Å². The summed E-state index contributed by atoms with van der Waals surface area (Å²) in [5.41, 5.74) is 0. The van der Waals surface area contributed by atoms with Crippen molar-refractivity contribution in [1.82, 2.24) is 9.96 Å². The minimum Gasteiger partial charge on any atom is -0.448 e. The highest BCUT2D eigenvalue weighted by Crippen LogP contribution is 2.02. The number of rotatable bonds is 4. The van der Waals surface area contributed by atoms with E-state index in [1.54, 1.807) is 0 Å². The second-order valence-electron chi connectivity index (χ2n) is 3.21. The van der Waals surface area contributed by atoms with Gasteiger partial charge in [-0.15, -0.1) is 5.06 Å². The normalized spacial score (nSPS) is 19.5. The van der Waals surface area contributed by atoms with Crippen LogP contribution in [0.25, 0.3) is 0 Å². The van der Waals surface area contributed by atoms with E-state index < -0.39 is 6.16 Å². The smallest absolute Gasteiger partial charge is 0.448 e. The summed E-state index contributed by atoms with van der Waals surface area (Å²) in [6, 6.07) is 0. The molecule has 0 aromatic heterocycles. The van der Waals surface area contributed by atoms with Gasteiger partial charge in [-0.05, 0) is 6.42 Å². The molecule has 82 valence electrons. The first-order valence-electron chi connectivity index (χ1n) is 4.71. The van der Waals surface area contributed by atoms with Gasteiger partial charge in [0.2, 0.25) is 0 Å². The molecule has 0 amide bonds. The lowest BCUT2D eigenvalue weighted by Gasteiger charge is -2.32. The Kier molecular flexibility index (Phi) is 4.64. The van der Waals surface area contributed by atoms with E-state index in [0.29, 0.717) is 13.1 Å². The molecular weight excluding hydrogens is 188 g/mol. The van der Waals surface area contributed by atoms with Gasteiger partial charge < -0.3 is 20.0 Å². The van der Waals surface area contributed by atoms with Crippen LogP contribution in [0.4, 0.5) is 4.79 Å². The van der Waals surface area contributed by atoms with Crippen molar-refractivity contribution in [1.29, 1.82) is 0 Å². The predicted octanol–water partition coefficient (Wildman–Crippen LogP) is -0.404. The molecule has 1 fully saturated rings. The number of aliphatic hydroxyl groups is 1. The first-order valence-corrected chi connectivity index (χ1v) is 4.71. The molecule has 2 N–H and O–H groups in total. The standard InChI is InChI=1S/C8H16N2O4/c11-7-1-2-9-3-5-10(6-4-9)14-8(12)13/h11H,1-7H2,(H,12,13). The Hall–Kier alpha value is -0.850. The van der Waals surface area contributed by atoms with E-state index >= 15 is 0 Å². The van der Waals surface area contributed by atoms with Crippen LogP contribution in [0, 0.1) is 0 Å². The molecule has 1 saturated heterocycles. The van der Waals surface area contributed by atoms with E-state index in [1.165, 1.54) is 5.06 Å². The zero-order valence-electron chi connectivity index (χ0n) is 8.06. The Morgan fingerprint density at radius 2 is 1.93 bits per heavy atom. The molecule has 0 atom stereocenters. The average molecular weight is 204 g/mol. The van der Waals surface area contributed by atoms with E-state index in [0.717, 1.165) is 26.1 Å². The highest BCUT2D eigenvalue weighted by atomic mass is 16.8. The van der Waals surface area contributed by atoms with Gasteiger partial charge in [-0.2, -0.15) is 0 Å². The third kappa shape index (κ3) is 3.91. The minimum atomic E-state index is -1.26. The first-order chi connectivity index (χ1) is 6.72. The second kappa shape index (κ2) is 5.79. The Labute approximate surface area is 82.6 Å². The van der Waals surface area contributed by atoms with E-state index in [4.69, 9.17) is 10.2 Å². The second-order valence-corrected chi connectivity index (χ2v) is 3.21. The third-order valence-electron chi connectivity index (χ3n) is 2.17. The highest BCUT2D eigenvalue weighted by Gasteiger charge is 2.18. The van der Waals surface area contributed by atoms with Crippen LogP contribution in [0.15, 0.2) is 0 Å². The third-order valence-corrected chi connectivity index (χ3v) is 2.17. The van der Waals surface area contributed by atoms with Crippen LogP contribution in [0.2, 0.25) is 0 Å². The molecule has 1 aliphatic rings. The lowest BCUT2D eigenvalue weighted by Crippen LogP contribution is -2.47. The number of carboxylic acid groups (broad SMARTS) is 1. The summed E-state index contributed by atoms with van der Waals surface area (Å²) in [5, 5.41) is 18.4. The maximum atomic E-state index is 10.2. The molecule has 1 aliphatic heterocycles. The average Bonchev–Trinajstić information content (AvgIpc) is 2.16. The van der Waals surface area contributed by atoms with Crippen LogP contribution >= 0.6 is 0 Å². The molecular formula is C8H16N2O4. The molecule has 0 aromatic rings. The van der Waals surface area contributed by atoms with Crippen LogP contribution in [0.5, 0.6) is 0 Å². The fourth-order valence-electron chi connectivity index (χ4n) is 1.45. The van der Waals surface area contributed by atoms with Gasteiger partial charge in [-0.1, -0.05) is 0 Å². The molecule has 0 spiro atoms. The lowest BCUT2D eigenvalue weighted by atomic mass is 10.3. The van der Waals surface area contributed by atoms with Crippen molar-refractivity contribution < 1.29 is 19.8 Å². The summed E-state index contributed by atoms with van der Waals surface area (Å²) in [6.07, 6.45) is -0.492. The molecule has 14 heavy (non-hydrogen) atoms. The van der Waals surface area contributed by atoms with E-state index in [1.807, 2.05) is 0 Å². The van der Waals surface area contributed by atoms with Crippen molar-refractivity contribution in [3.05, 3.63) is 0 Å². The van der Waals surface area contributed by atoms with Gasteiger partial charge in [0.25, 0.3) is 0 Å². The summed E-state index contributed by atoms with van der Waals surface area (Å²) >= 11 is 0. The Morgan fingerprint density at radius 1 is 1.29 bits per heavy atom. The summed E-state index contributed by atoms with van der Waals surface area (Å²) in [4.78, 5) is 16.9.